The molecule has 2 bridgehead atoms. The van der Waals surface area contributed by atoms with Gasteiger partial charge in [0, 0.05) is 52.6 Å². The van der Waals surface area contributed by atoms with Crippen LogP contribution in [0.5, 0.6) is 0 Å². The molecular formula is C57H89NO15. The number of nitrogens with zero attached hydrogens (tertiary/aromatic N) is 1. The molecule has 2 saturated heterocycles. The first-order valence-electron chi connectivity index (χ1n) is 26.5. The monoisotopic (exact) mass is 1030 g/mol. The molecule has 16 heteroatoms. The highest BCUT2D eigenvalue weighted by Crippen LogP contribution is 2.39. The maximum Gasteiger partial charge on any atom is 0.329 e. The van der Waals surface area contributed by atoms with Crippen LogP contribution in [0.4, 0.5) is 0 Å². The van der Waals surface area contributed by atoms with Gasteiger partial charge >= 0.3 is 11.9 Å². The van der Waals surface area contributed by atoms with Gasteiger partial charge in [0.2, 0.25) is 5.79 Å². The van der Waals surface area contributed by atoms with Crippen LogP contribution in [-0.2, 0) is 52.4 Å². The van der Waals surface area contributed by atoms with Gasteiger partial charge in [-0.2, -0.15) is 0 Å². The van der Waals surface area contributed by atoms with Crippen LogP contribution in [0.15, 0.2) is 59.8 Å². The lowest BCUT2D eigenvalue weighted by Crippen LogP contribution is -2.61. The lowest BCUT2D eigenvalue weighted by atomic mass is 9.78. The molecule has 0 spiro atoms. The molecule has 3 heterocycles. The molecule has 0 aromatic carbocycles. The van der Waals surface area contributed by atoms with Crippen molar-refractivity contribution in [3.8, 4) is 0 Å². The summed E-state index contributed by atoms with van der Waals surface area (Å²) in [5, 5.41) is 43.3. The van der Waals surface area contributed by atoms with E-state index in [4.69, 9.17) is 28.4 Å². The van der Waals surface area contributed by atoms with Gasteiger partial charge in [-0.15, -0.1) is 0 Å². The molecule has 0 aromatic heterocycles. The summed E-state index contributed by atoms with van der Waals surface area (Å²) in [6.07, 6.45) is 11.5. The first kappa shape index (κ1) is 61.7. The van der Waals surface area contributed by atoms with Crippen LogP contribution in [0.1, 0.15) is 132 Å². The van der Waals surface area contributed by atoms with E-state index in [0.717, 1.165) is 17.6 Å². The van der Waals surface area contributed by atoms with Gasteiger partial charge in [0.15, 0.2) is 0 Å². The number of hydrogen-bond acceptors (Lipinski definition) is 15. The number of carbonyl (C=O) groups is 5. The van der Waals surface area contributed by atoms with Gasteiger partial charge < -0.3 is 53.7 Å². The number of Topliss-reactive ketones (excluding diaryl/α,β-unsaturated/α-hetero) is 2. The lowest BCUT2D eigenvalue weighted by Gasteiger charge is -2.42. The SMILES string of the molecule is C=C1[C@H](C)C[C@H](C)/C=C/C=C/C=C(\C)[C@@H](OC)C[C@@H]2CC[C@@H](C)[C@@](O)(O2)C(=O)C(=O)N2CCCC[C@H]2C(=O)O[C@H]([C@@H](C)C[C@@H]2CC[C@@H](OC(=O)C(C)(CO)CO)[C@H](OC)C2)CC(=O)[C@H](C)/C=C(\C)[C@@H](O)[C@H]1OC. The van der Waals surface area contributed by atoms with Gasteiger partial charge in [-0.05, 0) is 125 Å². The summed E-state index contributed by atoms with van der Waals surface area (Å²) in [4.78, 5) is 71.8. The molecule has 1 amide bonds. The number of cyclic esters (lactones) is 1. The van der Waals surface area contributed by atoms with Gasteiger partial charge in [0.25, 0.3) is 11.7 Å². The number of amides is 1. The Bertz CT molecular complexity index is 2010. The number of allylic oxidation sites excluding steroid dienone is 6. The van der Waals surface area contributed by atoms with Gasteiger partial charge in [0.1, 0.15) is 41.7 Å². The van der Waals surface area contributed by atoms with E-state index in [2.05, 4.69) is 19.6 Å². The van der Waals surface area contributed by atoms with Crippen LogP contribution < -0.4 is 0 Å². The van der Waals surface area contributed by atoms with E-state index < -0.39 is 115 Å². The van der Waals surface area contributed by atoms with E-state index in [-0.39, 0.29) is 42.9 Å². The molecule has 412 valence electrons. The molecule has 4 aliphatic rings. The van der Waals surface area contributed by atoms with Crippen molar-refractivity contribution in [1.29, 1.82) is 0 Å². The van der Waals surface area contributed by atoms with Crippen molar-refractivity contribution in [2.75, 3.05) is 41.1 Å². The molecule has 1 saturated carbocycles. The predicted octanol–water partition coefficient (Wildman–Crippen LogP) is 6.71. The van der Waals surface area contributed by atoms with E-state index in [1.807, 2.05) is 45.1 Å². The molecule has 0 radical (unpaired) electrons. The predicted molar refractivity (Wildman–Crippen MR) is 275 cm³/mol. The summed E-state index contributed by atoms with van der Waals surface area (Å²) in [5.41, 5.74) is 0.644. The fraction of sp³-hybridized carbons (Fsp3) is 0.737. The van der Waals surface area contributed by atoms with Crippen LogP contribution in [-0.4, -0.2) is 150 Å². The Morgan fingerprint density at radius 3 is 2.23 bits per heavy atom. The molecule has 16 nitrogen and oxygen atoms in total. The van der Waals surface area contributed by atoms with E-state index >= 15 is 0 Å². The van der Waals surface area contributed by atoms with Crippen molar-refractivity contribution < 1.29 is 72.8 Å². The molecule has 1 aliphatic carbocycles. The average molecular weight is 1030 g/mol. The quantitative estimate of drug-likeness (QED) is 0.101. The van der Waals surface area contributed by atoms with Gasteiger partial charge in [-0.25, -0.2) is 4.79 Å². The standard InChI is InChI=1S/C57H89NO15/c1-34-18-14-13-15-19-35(2)47(68-10)30-43-23-21-40(7)57(67,73-43)52(63)53(64)58-25-17-16-20-44(58)54(65)71-48(31-45(61)37(4)27-39(6)50(62)51(70-12)41(8)36(3)26-34)38(5)28-42-22-24-46(49(29-42)69-11)72-55(66)56(9,32-59)33-60/h13-15,18-19,27,34,36-38,40,42-44,46-51,59-60,62,67H,8,16-17,20-26,28-33H2,1-7,9-12H3/b15-13+,18-14+,35-19+,39-27+/t34-,36-,37-,38+,40-,42+,43+,44+,46-,47+,48+,49-,50-,51+,57-/m1/s1. The molecule has 3 aliphatic heterocycles. The number of esters is 2. The second-order valence-electron chi connectivity index (χ2n) is 22.0. The normalized spacial score (nSPS) is 37.4. The number of hydrogen-bond donors (Lipinski definition) is 4. The Kier molecular flexibility index (Phi) is 23.9. The Morgan fingerprint density at radius 1 is 0.890 bits per heavy atom. The molecule has 0 unspecified atom stereocenters. The molecule has 73 heavy (non-hydrogen) atoms. The van der Waals surface area contributed by atoms with Crippen LogP contribution in [0.25, 0.3) is 0 Å². The second-order valence-corrected chi connectivity index (χ2v) is 22.0. The first-order chi connectivity index (χ1) is 34.5. The first-order valence-corrected chi connectivity index (χ1v) is 26.5. The van der Waals surface area contributed by atoms with Crippen LogP contribution >= 0.6 is 0 Å². The van der Waals surface area contributed by atoms with E-state index in [1.165, 1.54) is 26.0 Å². The van der Waals surface area contributed by atoms with Crippen molar-refractivity contribution >= 4 is 29.4 Å². The fourth-order valence-corrected chi connectivity index (χ4v) is 10.8. The van der Waals surface area contributed by atoms with Gasteiger partial charge in [0.05, 0.1) is 31.5 Å². The zero-order valence-corrected chi connectivity index (χ0v) is 45.6. The van der Waals surface area contributed by atoms with Crippen LogP contribution in [0, 0.1) is 40.9 Å². The third-order valence-corrected chi connectivity index (χ3v) is 16.1. The third-order valence-electron chi connectivity index (χ3n) is 16.1. The highest BCUT2D eigenvalue weighted by atomic mass is 16.6. The number of ketones is 2. The number of carbonyl (C=O) groups excluding carboxylic acids is 5. The molecular weight excluding hydrogens is 939 g/mol. The summed E-state index contributed by atoms with van der Waals surface area (Å²) in [6, 6.07) is -1.18. The maximum atomic E-state index is 14.6. The Balaban J connectivity index is 1.69. The highest BCUT2D eigenvalue weighted by Gasteiger charge is 2.53. The molecule has 4 N–H and O–H groups in total. The van der Waals surface area contributed by atoms with E-state index in [0.29, 0.717) is 63.4 Å². The lowest BCUT2D eigenvalue weighted by molar-refractivity contribution is -0.265. The number of ether oxygens (including phenoxy) is 6. The molecule has 0 aromatic rings. The summed E-state index contributed by atoms with van der Waals surface area (Å²) in [7, 11) is 4.62. The maximum absolute atomic E-state index is 14.6. The van der Waals surface area contributed by atoms with Gasteiger partial charge in [-0.1, -0.05) is 77.7 Å². The van der Waals surface area contributed by atoms with Crippen molar-refractivity contribution in [3.63, 3.8) is 0 Å². The third kappa shape index (κ3) is 16.1. The Hall–Kier alpha value is -3.87. The number of rotatable bonds is 10. The number of aliphatic hydroxyl groups excluding tert-OH is 3. The molecule has 3 fully saturated rings. The summed E-state index contributed by atoms with van der Waals surface area (Å²) in [5.74, 6) is -8.17. The van der Waals surface area contributed by atoms with Crippen molar-refractivity contribution in [2.24, 2.45) is 40.9 Å². The summed E-state index contributed by atoms with van der Waals surface area (Å²) >= 11 is 0. The number of piperidine rings is 1. The smallest absolute Gasteiger partial charge is 0.329 e. The minimum atomic E-state index is -2.45. The average Bonchev–Trinajstić information content (AvgIpc) is 3.37. The van der Waals surface area contributed by atoms with E-state index in [1.54, 1.807) is 34.0 Å². The van der Waals surface area contributed by atoms with Crippen molar-refractivity contribution in [1.82, 2.24) is 4.90 Å². The van der Waals surface area contributed by atoms with E-state index in [9.17, 15) is 44.4 Å². The minimum Gasteiger partial charge on any atom is -0.460 e. The fourth-order valence-electron chi connectivity index (χ4n) is 10.8. The van der Waals surface area contributed by atoms with Crippen molar-refractivity contribution in [2.45, 2.75) is 187 Å². The number of fused-ring (bicyclic) bond motifs is 3. The number of methoxy groups -OCH3 is 3. The highest BCUT2D eigenvalue weighted by molar-refractivity contribution is 6.39. The Morgan fingerprint density at radius 2 is 1.59 bits per heavy atom. The zero-order chi connectivity index (χ0) is 54.4. The number of aliphatic hydroxyl groups is 4. The van der Waals surface area contributed by atoms with Crippen LogP contribution in [0.2, 0.25) is 0 Å². The van der Waals surface area contributed by atoms with Crippen molar-refractivity contribution in [3.05, 3.63) is 59.8 Å². The summed E-state index contributed by atoms with van der Waals surface area (Å²) in [6.45, 7) is 17.7. The molecule has 15 atom stereocenters. The minimum absolute atomic E-state index is 0.0149. The van der Waals surface area contributed by atoms with Crippen LogP contribution in [0.3, 0.4) is 0 Å². The Labute approximate surface area is 434 Å². The topological polar surface area (TPSA) is 225 Å². The second kappa shape index (κ2) is 28.3. The largest absolute Gasteiger partial charge is 0.460 e. The van der Waals surface area contributed by atoms with Gasteiger partial charge in [-0.3, -0.25) is 19.2 Å². The summed E-state index contributed by atoms with van der Waals surface area (Å²) < 4.78 is 35.8. The zero-order valence-electron chi connectivity index (χ0n) is 45.6. The molecule has 4 rings (SSSR count).